The summed E-state index contributed by atoms with van der Waals surface area (Å²) in [6, 6.07) is 0. The van der Waals surface area contributed by atoms with Crippen molar-refractivity contribution >= 4 is 5.69 Å². The molecule has 1 rings (SSSR count). The lowest BCUT2D eigenvalue weighted by Crippen LogP contribution is -2.34. The summed E-state index contributed by atoms with van der Waals surface area (Å²) in [5, 5.41) is 4.23. The SMILES string of the molecule is CCC(C)CN(CCn1cc(N)cn1)CC(C)C. The van der Waals surface area contributed by atoms with Crippen molar-refractivity contribution in [3.8, 4) is 0 Å². The van der Waals surface area contributed by atoms with Crippen molar-refractivity contribution in [1.29, 1.82) is 0 Å². The molecule has 0 saturated carbocycles. The topological polar surface area (TPSA) is 47.1 Å². The highest BCUT2D eigenvalue weighted by molar-refractivity contribution is 5.30. The Bertz CT molecular complexity index is 332. The number of hydrogen-bond acceptors (Lipinski definition) is 3. The minimum atomic E-state index is 0.705. The molecule has 1 unspecified atom stereocenters. The van der Waals surface area contributed by atoms with Gasteiger partial charge in [0.15, 0.2) is 0 Å². The van der Waals surface area contributed by atoms with Crippen LogP contribution in [-0.4, -0.2) is 34.3 Å². The Morgan fingerprint density at radius 2 is 2.06 bits per heavy atom. The number of rotatable bonds is 8. The van der Waals surface area contributed by atoms with Crippen LogP contribution in [-0.2, 0) is 6.54 Å². The van der Waals surface area contributed by atoms with Gasteiger partial charge in [0.1, 0.15) is 0 Å². The van der Waals surface area contributed by atoms with Gasteiger partial charge in [0, 0.05) is 25.8 Å². The Morgan fingerprint density at radius 3 is 2.56 bits per heavy atom. The Labute approximate surface area is 111 Å². The third kappa shape index (κ3) is 5.54. The summed E-state index contributed by atoms with van der Waals surface area (Å²) < 4.78 is 1.93. The summed E-state index contributed by atoms with van der Waals surface area (Å²) in [5.74, 6) is 1.46. The predicted octanol–water partition coefficient (Wildman–Crippen LogP) is 2.47. The van der Waals surface area contributed by atoms with E-state index in [-0.39, 0.29) is 0 Å². The molecular weight excluding hydrogens is 224 g/mol. The summed E-state index contributed by atoms with van der Waals surface area (Å²) in [6.45, 7) is 13.4. The normalized spacial score (nSPS) is 13.4. The van der Waals surface area contributed by atoms with E-state index in [0.717, 1.165) is 31.2 Å². The zero-order valence-corrected chi connectivity index (χ0v) is 12.3. The smallest absolute Gasteiger partial charge is 0.0719 e. The summed E-state index contributed by atoms with van der Waals surface area (Å²) in [4.78, 5) is 2.54. The van der Waals surface area contributed by atoms with Gasteiger partial charge >= 0.3 is 0 Å². The molecule has 0 aliphatic rings. The van der Waals surface area contributed by atoms with Gasteiger partial charge in [-0.2, -0.15) is 5.10 Å². The van der Waals surface area contributed by atoms with E-state index < -0.39 is 0 Å². The zero-order valence-electron chi connectivity index (χ0n) is 12.3. The van der Waals surface area contributed by atoms with Gasteiger partial charge in [-0.25, -0.2) is 0 Å². The van der Waals surface area contributed by atoms with Crippen molar-refractivity contribution in [2.24, 2.45) is 11.8 Å². The molecule has 0 saturated heterocycles. The van der Waals surface area contributed by atoms with Crippen LogP contribution in [0.2, 0.25) is 0 Å². The molecule has 1 heterocycles. The summed E-state index contributed by atoms with van der Waals surface area (Å²) in [7, 11) is 0. The monoisotopic (exact) mass is 252 g/mol. The third-order valence-electron chi connectivity index (χ3n) is 3.19. The molecule has 1 atom stereocenters. The van der Waals surface area contributed by atoms with Gasteiger partial charge in [-0.3, -0.25) is 4.68 Å². The molecule has 18 heavy (non-hydrogen) atoms. The third-order valence-corrected chi connectivity index (χ3v) is 3.19. The molecule has 0 spiro atoms. The van der Waals surface area contributed by atoms with E-state index in [0.29, 0.717) is 5.92 Å². The maximum Gasteiger partial charge on any atom is 0.0719 e. The first kappa shape index (κ1) is 15.0. The van der Waals surface area contributed by atoms with Crippen LogP contribution >= 0.6 is 0 Å². The first-order valence-corrected chi connectivity index (χ1v) is 7.01. The lowest BCUT2D eigenvalue weighted by atomic mass is 10.1. The van der Waals surface area contributed by atoms with Crippen LogP contribution in [0, 0.1) is 11.8 Å². The van der Waals surface area contributed by atoms with Crippen molar-refractivity contribution in [2.45, 2.75) is 40.7 Å². The molecular formula is C14H28N4. The number of aromatic nitrogens is 2. The second kappa shape index (κ2) is 7.41. The number of anilines is 1. The van der Waals surface area contributed by atoms with E-state index in [2.05, 4.69) is 37.7 Å². The molecule has 2 N–H and O–H groups in total. The van der Waals surface area contributed by atoms with Crippen molar-refractivity contribution in [2.75, 3.05) is 25.4 Å². The van der Waals surface area contributed by atoms with Gasteiger partial charge in [0.2, 0.25) is 0 Å². The van der Waals surface area contributed by atoms with Gasteiger partial charge in [-0.05, 0) is 11.8 Å². The van der Waals surface area contributed by atoms with E-state index in [1.54, 1.807) is 6.20 Å². The lowest BCUT2D eigenvalue weighted by Gasteiger charge is -2.26. The molecule has 1 aromatic rings. The van der Waals surface area contributed by atoms with Crippen LogP contribution < -0.4 is 5.73 Å². The summed E-state index contributed by atoms with van der Waals surface area (Å²) in [5.41, 5.74) is 6.41. The largest absolute Gasteiger partial charge is 0.396 e. The van der Waals surface area contributed by atoms with Crippen molar-refractivity contribution < 1.29 is 0 Å². The maximum atomic E-state index is 5.67. The van der Waals surface area contributed by atoms with Gasteiger partial charge in [-0.15, -0.1) is 0 Å². The highest BCUT2D eigenvalue weighted by Crippen LogP contribution is 2.08. The molecule has 4 heteroatoms. The van der Waals surface area contributed by atoms with Crippen LogP contribution in [0.1, 0.15) is 34.1 Å². The lowest BCUT2D eigenvalue weighted by molar-refractivity contribution is 0.202. The van der Waals surface area contributed by atoms with E-state index >= 15 is 0 Å². The Hall–Kier alpha value is -1.03. The minimum absolute atomic E-state index is 0.705. The molecule has 104 valence electrons. The zero-order chi connectivity index (χ0) is 13.5. The van der Waals surface area contributed by atoms with E-state index in [4.69, 9.17) is 5.73 Å². The quantitative estimate of drug-likeness (QED) is 0.773. The van der Waals surface area contributed by atoms with Crippen molar-refractivity contribution in [3.63, 3.8) is 0 Å². The number of hydrogen-bond donors (Lipinski definition) is 1. The number of nitrogens with two attached hydrogens (primary N) is 1. The van der Waals surface area contributed by atoms with E-state index in [9.17, 15) is 0 Å². The summed E-state index contributed by atoms with van der Waals surface area (Å²) in [6.07, 6.45) is 4.85. The first-order chi connectivity index (χ1) is 8.51. The van der Waals surface area contributed by atoms with Crippen LogP contribution in [0.3, 0.4) is 0 Å². The number of nitrogen functional groups attached to an aromatic ring is 1. The average molecular weight is 252 g/mol. The Morgan fingerprint density at radius 1 is 1.33 bits per heavy atom. The molecule has 0 aliphatic carbocycles. The number of nitrogens with zero attached hydrogens (tertiary/aromatic N) is 3. The summed E-state index contributed by atoms with van der Waals surface area (Å²) >= 11 is 0. The van der Waals surface area contributed by atoms with E-state index in [1.165, 1.54) is 13.0 Å². The maximum absolute atomic E-state index is 5.67. The van der Waals surface area contributed by atoms with Gasteiger partial charge < -0.3 is 10.6 Å². The van der Waals surface area contributed by atoms with Gasteiger partial charge in [-0.1, -0.05) is 34.1 Å². The molecule has 0 fully saturated rings. The van der Waals surface area contributed by atoms with Gasteiger partial charge in [0.25, 0.3) is 0 Å². The molecule has 0 aromatic carbocycles. The van der Waals surface area contributed by atoms with E-state index in [1.807, 2.05) is 10.9 Å². The average Bonchev–Trinajstić information content (AvgIpc) is 2.71. The molecule has 0 bridgehead atoms. The van der Waals surface area contributed by atoms with Crippen LogP contribution in [0.25, 0.3) is 0 Å². The van der Waals surface area contributed by atoms with Gasteiger partial charge in [0.05, 0.1) is 18.4 Å². The predicted molar refractivity (Wildman–Crippen MR) is 77.4 cm³/mol. The molecule has 0 radical (unpaired) electrons. The second-order valence-electron chi connectivity index (χ2n) is 5.70. The highest BCUT2D eigenvalue weighted by Gasteiger charge is 2.11. The Balaban J connectivity index is 2.44. The Kier molecular flexibility index (Phi) is 6.19. The highest BCUT2D eigenvalue weighted by atomic mass is 15.3. The first-order valence-electron chi connectivity index (χ1n) is 7.01. The minimum Gasteiger partial charge on any atom is -0.396 e. The van der Waals surface area contributed by atoms with Crippen LogP contribution in [0.5, 0.6) is 0 Å². The second-order valence-corrected chi connectivity index (χ2v) is 5.70. The van der Waals surface area contributed by atoms with Crippen molar-refractivity contribution in [1.82, 2.24) is 14.7 Å². The van der Waals surface area contributed by atoms with Crippen molar-refractivity contribution in [3.05, 3.63) is 12.4 Å². The van der Waals surface area contributed by atoms with Crippen LogP contribution in [0.15, 0.2) is 12.4 Å². The molecule has 1 aromatic heterocycles. The van der Waals surface area contributed by atoms with Crippen LogP contribution in [0.4, 0.5) is 5.69 Å². The molecule has 0 aliphatic heterocycles. The standard InChI is InChI=1S/C14H28N4/c1-5-13(4)10-17(9-12(2)3)6-7-18-11-14(15)8-16-18/h8,11-13H,5-7,9-10,15H2,1-4H3. The fraction of sp³-hybridized carbons (Fsp3) is 0.786. The molecule has 4 nitrogen and oxygen atoms in total. The fourth-order valence-corrected chi connectivity index (χ4v) is 2.09. The molecule has 0 amide bonds. The fourth-order valence-electron chi connectivity index (χ4n) is 2.09.